The molecular weight excluding hydrogens is 1600 g/mol. The first-order valence-electron chi connectivity index (χ1n) is 37.7. The van der Waals surface area contributed by atoms with Crippen molar-refractivity contribution in [1.29, 1.82) is 0 Å². The van der Waals surface area contributed by atoms with Crippen LogP contribution < -0.4 is 10.6 Å². The van der Waals surface area contributed by atoms with Gasteiger partial charge in [0.1, 0.15) is 36.9 Å². The highest BCUT2D eigenvalue weighted by Crippen LogP contribution is 2.54. The lowest BCUT2D eigenvalue weighted by Gasteiger charge is -2.34. The molecule has 0 saturated carbocycles. The number of nitrogens with one attached hydrogen (secondary N) is 2. The molecule has 36 heteroatoms. The topological polar surface area (TPSA) is 427 Å². The van der Waals surface area contributed by atoms with Crippen LogP contribution in [-0.2, 0) is 102 Å². The molecule has 4 heterocycles. The zero-order chi connectivity index (χ0) is 81.3. The van der Waals surface area contributed by atoms with Crippen molar-refractivity contribution >= 4 is 160 Å². The molecule has 15 atom stereocenters. The van der Waals surface area contributed by atoms with Gasteiger partial charge in [-0.3, -0.25) is 70.7 Å². The first-order chi connectivity index (χ1) is 55.4. The van der Waals surface area contributed by atoms with Gasteiger partial charge in [0.2, 0.25) is 11.8 Å². The van der Waals surface area contributed by atoms with Crippen LogP contribution in [0.3, 0.4) is 0 Å². The zero-order valence-electron chi connectivity index (χ0n) is 62.5. The van der Waals surface area contributed by atoms with Gasteiger partial charge in [-0.25, -0.2) is 32.4 Å². The molecule has 610 valence electrons. The Morgan fingerprint density at radius 3 is 1.02 bits per heavy atom. The monoisotopic (exact) mass is 1690 g/mol. The van der Waals surface area contributed by atoms with Crippen molar-refractivity contribution in [2.24, 2.45) is 29.6 Å². The summed E-state index contributed by atoms with van der Waals surface area (Å²) in [6, 6.07) is 51.1. The first kappa shape index (κ1) is 81.8. The van der Waals surface area contributed by atoms with Crippen LogP contribution in [-0.4, -0.2) is 171 Å². The van der Waals surface area contributed by atoms with Crippen LogP contribution in [0, 0.1) is 29.6 Å². The van der Waals surface area contributed by atoms with E-state index in [-0.39, 0.29) is 38.8 Å². The minimum atomic E-state index is -5.40. The van der Waals surface area contributed by atoms with E-state index >= 15 is 0 Å². The smallest absolute Gasteiger partial charge is 0.396 e. The highest BCUT2D eigenvalue weighted by molar-refractivity contribution is 7.48. The summed E-state index contributed by atoms with van der Waals surface area (Å²) >= 11 is 0. The maximum Gasteiger partial charge on any atom is 0.472 e. The van der Waals surface area contributed by atoms with Crippen LogP contribution in [0.2, 0.25) is 0 Å². The van der Waals surface area contributed by atoms with E-state index in [1.807, 2.05) is 158 Å². The quantitative estimate of drug-likeness (QED) is 0.0134. The molecule has 15 unspecified atom stereocenters. The number of urea groups is 2. The standard InChI is InChI=1S/C80H83N4O27P5/c1-45-35-83(79(88)81-77(45)86)69-33-65(67(108-69)43-106-113(93,94)102-38-47(37-85)30-59-21-18-56-15-12-50-6-3-9-53-24-27-62(59)74(56)71(50)53)111-116(99,100)105-42-49(32-61-23-20-58-17-14-52-8-5-11-55-26-29-64(61)76(58)73(52)55)40-103-114(95,96)107-44-68-66(34-70(109-68)84-36-46(2)78(87)82-80(84)89)110-115(97,98)104-41-48(39-101-112(90,91)92)31-60-22-19-57-16-13-51-7-4-10-54-25-28-63(60)75(57)72(51)54/h3-29,45-49,65-70,85H,30-44H2,1-2H3,(H,93,94)(H,95,96)(H,97,98)(H,99,100)(H,81,86,88)(H,82,87,89)(H2,90,91,92). The van der Waals surface area contributed by atoms with E-state index in [2.05, 4.69) is 16.7 Å². The Morgan fingerprint density at radius 2 is 0.681 bits per heavy atom. The summed E-state index contributed by atoms with van der Waals surface area (Å²) in [6.07, 6.45) is -9.50. The molecule has 4 aliphatic heterocycles. The third-order valence-electron chi connectivity index (χ3n) is 22.2. The van der Waals surface area contributed by atoms with E-state index < -0.39 is 189 Å². The lowest BCUT2D eigenvalue weighted by atomic mass is 9.89. The summed E-state index contributed by atoms with van der Waals surface area (Å²) in [7, 11) is -26.3. The van der Waals surface area contributed by atoms with Crippen molar-refractivity contribution in [3.63, 3.8) is 0 Å². The largest absolute Gasteiger partial charge is 0.472 e. The van der Waals surface area contributed by atoms with E-state index in [1.54, 1.807) is 6.92 Å². The summed E-state index contributed by atoms with van der Waals surface area (Å²) in [5.41, 5.74) is 2.18. The second-order valence-electron chi connectivity index (χ2n) is 30.3. The van der Waals surface area contributed by atoms with Crippen LogP contribution in [0.5, 0.6) is 0 Å². The number of benzene rings is 12. The number of rotatable bonds is 34. The number of aliphatic hydroxyl groups excluding tert-OH is 1. The van der Waals surface area contributed by atoms with Crippen molar-refractivity contribution in [2.75, 3.05) is 65.9 Å². The molecule has 0 aliphatic carbocycles. The molecule has 0 aromatic heterocycles. The molecule has 12 aromatic carbocycles. The number of hydrogen-bond donors (Lipinski definition) is 9. The Hall–Kier alpha value is -7.93. The third kappa shape index (κ3) is 17.7. The second kappa shape index (κ2) is 33.0. The number of carbonyl (C=O) groups excluding carboxylic acids is 4. The van der Waals surface area contributed by atoms with Gasteiger partial charge in [0.25, 0.3) is 0 Å². The molecule has 4 fully saturated rings. The van der Waals surface area contributed by atoms with Crippen LogP contribution in [0.4, 0.5) is 9.59 Å². The zero-order valence-corrected chi connectivity index (χ0v) is 66.9. The van der Waals surface area contributed by atoms with Gasteiger partial charge < -0.3 is 43.9 Å². The number of phosphoric ester groups is 5. The van der Waals surface area contributed by atoms with Crippen molar-refractivity contribution < 1.29 is 127 Å². The van der Waals surface area contributed by atoms with E-state index in [0.717, 1.165) is 112 Å². The molecular formula is C80H83N4O27P5. The molecule has 12 aromatic rings. The summed E-state index contributed by atoms with van der Waals surface area (Å²) in [4.78, 5) is 120. The highest BCUT2D eigenvalue weighted by atomic mass is 31.2. The number of imide groups is 2. The third-order valence-corrected chi connectivity index (χ3v) is 26.6. The SMILES string of the molecule is CC1CN(C2CC(OP(=O)(O)OCC(COP(=O)(O)O)Cc3ccc4ccc5cccc6ccc3c4c56)C(COP(=O)(O)OCC(COP(=O)(O)OC3CC(N4CC(C)C(=O)NC4=O)OC3COP(=O)(O)OCC(CO)Cc3ccc4ccc5cccc6ccc3c4c56)Cc3ccc4ccc5cccc6ccc3c4c56)O2)C(=O)NC1=O. The second-order valence-corrected chi connectivity index (χ2v) is 37.2. The number of phosphoric acid groups is 5. The predicted molar refractivity (Wildman–Crippen MR) is 427 cm³/mol. The van der Waals surface area contributed by atoms with Gasteiger partial charge >= 0.3 is 51.2 Å². The molecule has 116 heavy (non-hydrogen) atoms. The first-order valence-corrected chi connectivity index (χ1v) is 45.3. The molecule has 9 N–H and O–H groups in total. The Morgan fingerprint density at radius 1 is 0.388 bits per heavy atom. The van der Waals surface area contributed by atoms with Gasteiger partial charge in [-0.15, -0.1) is 0 Å². The average Bonchev–Trinajstić information content (AvgIpc) is 1.59. The summed E-state index contributed by atoms with van der Waals surface area (Å²) in [5.74, 6) is -5.53. The summed E-state index contributed by atoms with van der Waals surface area (Å²) in [6.45, 7) is -2.83. The number of hydrogen-bond acceptors (Lipinski definition) is 21. The fourth-order valence-corrected chi connectivity index (χ4v) is 20.6. The van der Waals surface area contributed by atoms with Crippen molar-refractivity contribution in [2.45, 2.75) is 82.8 Å². The minimum absolute atomic E-state index is 0.0142. The summed E-state index contributed by atoms with van der Waals surface area (Å²) < 4.78 is 132. The Labute approximate surface area is 662 Å². The van der Waals surface area contributed by atoms with Gasteiger partial charge in [-0.1, -0.05) is 178 Å². The van der Waals surface area contributed by atoms with E-state index in [9.17, 15) is 76.5 Å². The lowest BCUT2D eigenvalue weighted by molar-refractivity contribution is -0.129. The van der Waals surface area contributed by atoms with Gasteiger partial charge in [-0.2, -0.15) is 0 Å². The maximum absolute atomic E-state index is 14.6. The Bertz CT molecular complexity index is 5970. The van der Waals surface area contributed by atoms with E-state index in [4.69, 9.17) is 50.2 Å². The molecule has 31 nitrogen and oxygen atoms in total. The lowest BCUT2D eigenvalue weighted by Crippen LogP contribution is -2.57. The number of amides is 6. The van der Waals surface area contributed by atoms with Gasteiger partial charge in [0.05, 0.1) is 58.1 Å². The molecule has 0 spiro atoms. The van der Waals surface area contributed by atoms with Crippen LogP contribution >= 0.6 is 39.1 Å². The van der Waals surface area contributed by atoms with Crippen molar-refractivity contribution in [1.82, 2.24) is 20.4 Å². The fraction of sp³-hybridized carbons (Fsp3) is 0.350. The normalized spacial score (nSPS) is 23.5. The molecule has 16 rings (SSSR count). The molecule has 6 amide bonds. The van der Waals surface area contributed by atoms with E-state index in [0.29, 0.717) is 11.1 Å². The molecule has 0 radical (unpaired) electrons. The van der Waals surface area contributed by atoms with E-state index in [1.165, 1.54) is 6.92 Å². The minimum Gasteiger partial charge on any atom is -0.396 e. The van der Waals surface area contributed by atoms with Crippen molar-refractivity contribution in [3.05, 3.63) is 180 Å². The number of aliphatic hydroxyl groups is 1. The van der Waals surface area contributed by atoms with Crippen LogP contribution in [0.25, 0.3) is 97.0 Å². The van der Waals surface area contributed by atoms with Crippen molar-refractivity contribution in [3.8, 4) is 0 Å². The predicted octanol–water partition coefficient (Wildman–Crippen LogP) is 13.2. The van der Waals surface area contributed by atoms with Gasteiger partial charge in [-0.05, 0) is 133 Å². The number of ether oxygens (including phenoxy) is 2. The summed E-state index contributed by atoms with van der Waals surface area (Å²) in [5, 5.41) is 32.2. The van der Waals surface area contributed by atoms with Gasteiger partial charge in [0, 0.05) is 50.3 Å². The maximum atomic E-state index is 14.6. The van der Waals surface area contributed by atoms with Gasteiger partial charge in [0.15, 0.2) is 0 Å². The van der Waals surface area contributed by atoms with Crippen LogP contribution in [0.1, 0.15) is 43.4 Å². The molecule has 4 aliphatic rings. The molecule has 0 bridgehead atoms. The highest BCUT2D eigenvalue weighted by Gasteiger charge is 2.50. The number of nitrogens with zero attached hydrogens (tertiary/aromatic N) is 2. The number of carbonyl (C=O) groups is 4. The Balaban J connectivity index is 0.616. The Kier molecular flexibility index (Phi) is 23.3. The van der Waals surface area contributed by atoms with Crippen LogP contribution in [0.15, 0.2) is 164 Å². The fourth-order valence-electron chi connectivity index (χ4n) is 16.5. The molecule has 4 saturated heterocycles. The average molecular weight is 1690 g/mol.